The van der Waals surface area contributed by atoms with E-state index in [0.29, 0.717) is 8.81 Å². The van der Waals surface area contributed by atoms with Crippen LogP contribution in [0.5, 0.6) is 0 Å². The lowest BCUT2D eigenvalue weighted by molar-refractivity contribution is 0.609. The molecular formula is C12H9Br2ClFNS. The zero-order chi connectivity index (χ0) is 13.3. The van der Waals surface area contributed by atoms with Crippen molar-refractivity contribution in [3.8, 4) is 0 Å². The summed E-state index contributed by atoms with van der Waals surface area (Å²) in [7, 11) is 1.84. The monoisotopic (exact) mass is 411 g/mol. The molecule has 0 aliphatic heterocycles. The lowest BCUT2D eigenvalue weighted by Crippen LogP contribution is -2.17. The van der Waals surface area contributed by atoms with Crippen molar-refractivity contribution in [2.45, 2.75) is 6.04 Å². The molecule has 2 rings (SSSR count). The summed E-state index contributed by atoms with van der Waals surface area (Å²) in [6.45, 7) is 0. The van der Waals surface area contributed by atoms with Crippen molar-refractivity contribution in [1.29, 1.82) is 0 Å². The summed E-state index contributed by atoms with van der Waals surface area (Å²) in [5, 5.41) is 3.18. The average molecular weight is 414 g/mol. The Balaban J connectivity index is 2.48. The summed E-state index contributed by atoms with van der Waals surface area (Å²) >= 11 is 14.2. The standard InChI is InChI=1S/C12H9Br2ClFNS/c1-17-11(9-5-7(13)12(15)18-9)6-3-2-4-8(16)10(6)14/h2-5,11,17H,1H3. The van der Waals surface area contributed by atoms with Crippen LogP contribution in [0.3, 0.4) is 0 Å². The lowest BCUT2D eigenvalue weighted by atomic mass is 10.1. The van der Waals surface area contributed by atoms with Gasteiger partial charge in [0.05, 0.1) is 10.5 Å². The molecule has 1 aromatic heterocycles. The second-order valence-electron chi connectivity index (χ2n) is 3.64. The fourth-order valence-electron chi connectivity index (χ4n) is 1.70. The molecule has 1 N–H and O–H groups in total. The maximum atomic E-state index is 13.6. The Bertz CT molecular complexity index is 554. The van der Waals surface area contributed by atoms with Gasteiger partial charge in [0.1, 0.15) is 10.2 Å². The van der Waals surface area contributed by atoms with E-state index in [1.165, 1.54) is 17.4 Å². The zero-order valence-electron chi connectivity index (χ0n) is 9.31. The van der Waals surface area contributed by atoms with Crippen molar-refractivity contribution in [3.05, 3.63) is 53.8 Å². The van der Waals surface area contributed by atoms with Crippen molar-refractivity contribution in [2.24, 2.45) is 0 Å². The fourth-order valence-corrected chi connectivity index (χ4v) is 4.06. The zero-order valence-corrected chi connectivity index (χ0v) is 14.1. The Morgan fingerprint density at radius 1 is 1.39 bits per heavy atom. The van der Waals surface area contributed by atoms with Crippen LogP contribution in [0.25, 0.3) is 0 Å². The van der Waals surface area contributed by atoms with Crippen molar-refractivity contribution < 1.29 is 4.39 Å². The quantitative estimate of drug-likeness (QED) is 0.713. The van der Waals surface area contributed by atoms with Crippen molar-refractivity contribution in [2.75, 3.05) is 7.05 Å². The van der Waals surface area contributed by atoms with Gasteiger partial charge in [0.15, 0.2) is 0 Å². The molecular weight excluding hydrogens is 404 g/mol. The average Bonchev–Trinajstić information content (AvgIpc) is 2.66. The van der Waals surface area contributed by atoms with Crippen molar-refractivity contribution >= 4 is 54.8 Å². The van der Waals surface area contributed by atoms with Gasteiger partial charge in [-0.05, 0) is 56.6 Å². The smallest absolute Gasteiger partial charge is 0.137 e. The lowest BCUT2D eigenvalue weighted by Gasteiger charge is -2.16. The highest BCUT2D eigenvalue weighted by molar-refractivity contribution is 9.10. The first kappa shape index (κ1) is 14.5. The summed E-state index contributed by atoms with van der Waals surface area (Å²) < 4.78 is 15.6. The van der Waals surface area contributed by atoms with Crippen LogP contribution in [0.4, 0.5) is 4.39 Å². The number of rotatable bonds is 3. The van der Waals surface area contributed by atoms with Crippen LogP contribution >= 0.6 is 54.8 Å². The van der Waals surface area contributed by atoms with Gasteiger partial charge in [0, 0.05) is 9.35 Å². The Labute approximate surface area is 131 Å². The topological polar surface area (TPSA) is 12.0 Å². The first-order valence-corrected chi connectivity index (χ1v) is 7.88. The minimum Gasteiger partial charge on any atom is -0.309 e. The van der Waals surface area contributed by atoms with E-state index in [-0.39, 0.29) is 11.9 Å². The van der Waals surface area contributed by atoms with Crippen LogP contribution in [0, 0.1) is 5.82 Å². The van der Waals surface area contributed by atoms with Crippen LogP contribution < -0.4 is 5.32 Å². The van der Waals surface area contributed by atoms with Gasteiger partial charge >= 0.3 is 0 Å². The predicted octanol–water partition coefficient (Wildman–Crippen LogP) is 5.37. The molecule has 0 fully saturated rings. The largest absolute Gasteiger partial charge is 0.309 e. The third-order valence-electron chi connectivity index (χ3n) is 2.53. The Hall–Kier alpha value is 0.0600. The molecule has 0 saturated heterocycles. The van der Waals surface area contributed by atoms with Gasteiger partial charge in [-0.2, -0.15) is 0 Å². The van der Waals surface area contributed by atoms with Crippen molar-refractivity contribution in [1.82, 2.24) is 5.32 Å². The highest BCUT2D eigenvalue weighted by Crippen LogP contribution is 2.39. The van der Waals surface area contributed by atoms with E-state index < -0.39 is 0 Å². The molecule has 18 heavy (non-hydrogen) atoms. The molecule has 0 aliphatic carbocycles. The van der Waals surface area contributed by atoms with Crippen LogP contribution in [0.2, 0.25) is 4.34 Å². The fraction of sp³-hybridized carbons (Fsp3) is 0.167. The maximum absolute atomic E-state index is 13.6. The molecule has 1 nitrogen and oxygen atoms in total. The number of hydrogen-bond acceptors (Lipinski definition) is 2. The van der Waals surface area contributed by atoms with Gasteiger partial charge in [-0.3, -0.25) is 0 Å². The molecule has 1 unspecified atom stereocenters. The van der Waals surface area contributed by atoms with E-state index in [9.17, 15) is 4.39 Å². The van der Waals surface area contributed by atoms with Gasteiger partial charge in [-0.1, -0.05) is 23.7 Å². The molecule has 1 aromatic carbocycles. The molecule has 1 heterocycles. The summed E-state index contributed by atoms with van der Waals surface area (Å²) in [4.78, 5) is 1.03. The van der Waals surface area contributed by atoms with E-state index in [1.54, 1.807) is 6.07 Å². The molecule has 0 spiro atoms. The summed E-state index contributed by atoms with van der Waals surface area (Å²) in [5.74, 6) is -0.269. The molecule has 0 aliphatic rings. The van der Waals surface area contributed by atoms with Gasteiger partial charge in [0.25, 0.3) is 0 Å². The minimum absolute atomic E-state index is 0.0936. The molecule has 0 bridgehead atoms. The highest BCUT2D eigenvalue weighted by Gasteiger charge is 2.20. The van der Waals surface area contributed by atoms with Crippen LogP contribution in [-0.4, -0.2) is 7.05 Å². The van der Waals surface area contributed by atoms with E-state index >= 15 is 0 Å². The molecule has 0 saturated carbocycles. The molecule has 2 aromatic rings. The summed E-state index contributed by atoms with van der Waals surface area (Å²) in [6, 6.07) is 6.87. The number of hydrogen-bond donors (Lipinski definition) is 1. The first-order chi connectivity index (χ1) is 8.54. The number of thiophene rings is 1. The molecule has 0 amide bonds. The minimum atomic E-state index is -0.269. The molecule has 1 atom stereocenters. The van der Waals surface area contributed by atoms with Crippen LogP contribution in [0.15, 0.2) is 33.2 Å². The second kappa shape index (κ2) is 6.01. The first-order valence-electron chi connectivity index (χ1n) is 5.10. The maximum Gasteiger partial charge on any atom is 0.137 e. The normalized spacial score (nSPS) is 12.7. The van der Waals surface area contributed by atoms with Crippen LogP contribution in [0.1, 0.15) is 16.5 Å². The van der Waals surface area contributed by atoms with E-state index in [0.717, 1.165) is 14.9 Å². The summed E-state index contributed by atoms with van der Waals surface area (Å²) in [5.41, 5.74) is 0.850. The van der Waals surface area contributed by atoms with Gasteiger partial charge in [-0.25, -0.2) is 4.39 Å². The molecule has 96 valence electrons. The third kappa shape index (κ3) is 2.80. The number of benzene rings is 1. The Kier molecular flexibility index (Phi) is 4.83. The van der Waals surface area contributed by atoms with E-state index in [2.05, 4.69) is 37.2 Å². The van der Waals surface area contributed by atoms with Gasteiger partial charge in [-0.15, -0.1) is 11.3 Å². The number of nitrogens with one attached hydrogen (secondary N) is 1. The summed E-state index contributed by atoms with van der Waals surface area (Å²) in [6.07, 6.45) is 0. The molecule has 6 heteroatoms. The third-order valence-corrected chi connectivity index (χ3v) is 5.91. The van der Waals surface area contributed by atoms with Gasteiger partial charge in [0.2, 0.25) is 0 Å². The molecule has 0 radical (unpaired) electrons. The Morgan fingerprint density at radius 2 is 2.11 bits per heavy atom. The second-order valence-corrected chi connectivity index (χ2v) is 6.97. The number of halogens is 4. The van der Waals surface area contributed by atoms with E-state index in [4.69, 9.17) is 11.6 Å². The predicted molar refractivity (Wildman–Crippen MR) is 82.0 cm³/mol. The van der Waals surface area contributed by atoms with E-state index in [1.807, 2.05) is 19.2 Å². The van der Waals surface area contributed by atoms with Crippen molar-refractivity contribution in [3.63, 3.8) is 0 Å². The SMILES string of the molecule is CNC(c1cc(Br)c(Cl)s1)c1cccc(F)c1Br. The Morgan fingerprint density at radius 3 is 2.67 bits per heavy atom. The highest BCUT2D eigenvalue weighted by atomic mass is 79.9. The van der Waals surface area contributed by atoms with Gasteiger partial charge < -0.3 is 5.32 Å². The van der Waals surface area contributed by atoms with Crippen LogP contribution in [-0.2, 0) is 0 Å².